The summed E-state index contributed by atoms with van der Waals surface area (Å²) in [5.74, 6) is -0.974. The van der Waals surface area contributed by atoms with Crippen molar-refractivity contribution < 1.29 is 14.3 Å². The van der Waals surface area contributed by atoms with E-state index in [4.69, 9.17) is 4.74 Å². The molecule has 1 aromatic heterocycles. The minimum Gasteiger partial charge on any atom is -0.465 e. The molecule has 0 aliphatic heterocycles. The van der Waals surface area contributed by atoms with Gasteiger partial charge in [0.15, 0.2) is 5.69 Å². The van der Waals surface area contributed by atoms with Gasteiger partial charge in [0, 0.05) is 0 Å². The third-order valence-electron chi connectivity index (χ3n) is 3.97. The monoisotopic (exact) mass is 350 g/mol. The second-order valence-corrected chi connectivity index (χ2v) is 5.76. The first-order valence-corrected chi connectivity index (χ1v) is 7.99. The van der Waals surface area contributed by atoms with E-state index in [-0.39, 0.29) is 11.3 Å². The lowest BCUT2D eigenvalue weighted by Crippen LogP contribution is -2.17. The first-order valence-electron chi connectivity index (χ1n) is 7.99. The molecule has 0 fully saturated rings. The van der Waals surface area contributed by atoms with Crippen LogP contribution in [-0.2, 0) is 4.74 Å². The van der Waals surface area contributed by atoms with Crippen LogP contribution in [-0.4, -0.2) is 34.0 Å². The van der Waals surface area contributed by atoms with Crippen LogP contribution in [0.15, 0.2) is 48.5 Å². The van der Waals surface area contributed by atoms with Gasteiger partial charge in [0.05, 0.1) is 29.7 Å². The average molecular weight is 350 g/mol. The maximum Gasteiger partial charge on any atom is 0.339 e. The summed E-state index contributed by atoms with van der Waals surface area (Å²) in [4.78, 5) is 24.4. The van der Waals surface area contributed by atoms with Crippen LogP contribution >= 0.6 is 0 Å². The van der Waals surface area contributed by atoms with Crippen molar-refractivity contribution in [3.8, 4) is 5.69 Å². The minimum absolute atomic E-state index is 0.185. The Morgan fingerprint density at radius 2 is 1.73 bits per heavy atom. The Kier molecular flexibility index (Phi) is 4.79. The molecule has 7 heteroatoms. The molecule has 0 saturated heterocycles. The molecule has 0 saturated carbocycles. The van der Waals surface area contributed by atoms with E-state index in [0.717, 1.165) is 11.3 Å². The van der Waals surface area contributed by atoms with E-state index < -0.39 is 11.9 Å². The molecule has 1 heterocycles. The number of hydrogen-bond acceptors (Lipinski definition) is 5. The Morgan fingerprint density at radius 1 is 1.04 bits per heavy atom. The summed E-state index contributed by atoms with van der Waals surface area (Å²) in [5.41, 5.74) is 3.35. The van der Waals surface area contributed by atoms with Crippen LogP contribution in [0, 0.1) is 13.8 Å². The Morgan fingerprint density at radius 3 is 2.42 bits per heavy atom. The highest BCUT2D eigenvalue weighted by atomic mass is 16.5. The van der Waals surface area contributed by atoms with Gasteiger partial charge in [-0.2, -0.15) is 0 Å². The van der Waals surface area contributed by atoms with Crippen LogP contribution in [0.1, 0.15) is 32.1 Å². The molecule has 132 valence electrons. The number of aromatic nitrogens is 3. The van der Waals surface area contributed by atoms with Gasteiger partial charge in [0.25, 0.3) is 5.91 Å². The second-order valence-electron chi connectivity index (χ2n) is 5.76. The number of ether oxygens (including phenoxy) is 1. The molecule has 7 nitrogen and oxygen atoms in total. The molecule has 0 aliphatic rings. The zero-order chi connectivity index (χ0) is 18.7. The first kappa shape index (κ1) is 17.3. The van der Waals surface area contributed by atoms with E-state index in [1.54, 1.807) is 35.9 Å². The van der Waals surface area contributed by atoms with E-state index >= 15 is 0 Å². The van der Waals surface area contributed by atoms with Crippen molar-refractivity contribution in [3.05, 3.63) is 71.0 Å². The number of rotatable bonds is 4. The maximum absolute atomic E-state index is 12.6. The number of methoxy groups -OCH3 is 1. The lowest BCUT2D eigenvalue weighted by molar-refractivity contribution is 0.0602. The molecule has 1 N–H and O–H groups in total. The van der Waals surface area contributed by atoms with E-state index in [1.807, 2.05) is 31.2 Å². The molecule has 26 heavy (non-hydrogen) atoms. The normalized spacial score (nSPS) is 10.4. The zero-order valence-corrected chi connectivity index (χ0v) is 14.7. The van der Waals surface area contributed by atoms with Crippen molar-refractivity contribution in [2.24, 2.45) is 0 Å². The summed E-state index contributed by atoms with van der Waals surface area (Å²) >= 11 is 0. The molecule has 3 rings (SSSR count). The molecule has 0 bridgehead atoms. The Bertz CT molecular complexity index is 961. The van der Waals surface area contributed by atoms with Crippen molar-refractivity contribution in [2.45, 2.75) is 13.8 Å². The van der Waals surface area contributed by atoms with E-state index in [0.29, 0.717) is 11.4 Å². The highest BCUT2D eigenvalue weighted by Crippen LogP contribution is 2.18. The fourth-order valence-corrected chi connectivity index (χ4v) is 2.53. The zero-order valence-electron chi connectivity index (χ0n) is 14.7. The van der Waals surface area contributed by atoms with Crippen LogP contribution in [0.25, 0.3) is 5.69 Å². The number of esters is 1. The van der Waals surface area contributed by atoms with Crippen LogP contribution in [0.5, 0.6) is 0 Å². The van der Waals surface area contributed by atoms with Crippen molar-refractivity contribution >= 4 is 17.6 Å². The Balaban J connectivity index is 1.88. The molecule has 0 atom stereocenters. The summed E-state index contributed by atoms with van der Waals surface area (Å²) < 4.78 is 6.33. The summed E-state index contributed by atoms with van der Waals surface area (Å²) in [7, 11) is 1.29. The standard InChI is InChI=1S/C19H18N4O3/c1-12-8-10-14(11-9-12)23-13(2)17(21-22-23)18(24)20-16-7-5-4-6-15(16)19(25)26-3/h4-11H,1-3H3,(H,20,24). The number of para-hydroxylation sites is 1. The van der Waals surface area contributed by atoms with Crippen molar-refractivity contribution in [2.75, 3.05) is 12.4 Å². The van der Waals surface area contributed by atoms with E-state index in [2.05, 4.69) is 15.6 Å². The fraction of sp³-hybridized carbons (Fsp3) is 0.158. The van der Waals surface area contributed by atoms with Gasteiger partial charge in [-0.05, 0) is 38.1 Å². The molecular weight excluding hydrogens is 332 g/mol. The molecule has 3 aromatic rings. The van der Waals surface area contributed by atoms with Gasteiger partial charge in [0.2, 0.25) is 0 Å². The summed E-state index contributed by atoms with van der Waals surface area (Å²) in [6.45, 7) is 3.76. The molecule has 0 aliphatic carbocycles. The number of aryl methyl sites for hydroxylation is 1. The summed E-state index contributed by atoms with van der Waals surface area (Å²) in [6, 6.07) is 14.4. The summed E-state index contributed by atoms with van der Waals surface area (Å²) in [5, 5.41) is 10.8. The highest BCUT2D eigenvalue weighted by Gasteiger charge is 2.20. The molecule has 2 aromatic carbocycles. The minimum atomic E-state index is -0.527. The Labute approximate surface area is 150 Å². The quantitative estimate of drug-likeness (QED) is 0.731. The van der Waals surface area contributed by atoms with Crippen LogP contribution in [0.2, 0.25) is 0 Å². The smallest absolute Gasteiger partial charge is 0.339 e. The maximum atomic E-state index is 12.6. The number of carbonyl (C=O) groups is 2. The fourth-order valence-electron chi connectivity index (χ4n) is 2.53. The van der Waals surface area contributed by atoms with Crippen LogP contribution < -0.4 is 5.32 Å². The number of hydrogen-bond donors (Lipinski definition) is 1. The lowest BCUT2D eigenvalue weighted by Gasteiger charge is -2.09. The van der Waals surface area contributed by atoms with Crippen LogP contribution in [0.4, 0.5) is 5.69 Å². The largest absolute Gasteiger partial charge is 0.465 e. The highest BCUT2D eigenvalue weighted by molar-refractivity contribution is 6.07. The van der Waals surface area contributed by atoms with Gasteiger partial charge in [-0.1, -0.05) is 35.0 Å². The number of benzene rings is 2. The number of nitrogens with one attached hydrogen (secondary N) is 1. The third-order valence-corrected chi connectivity index (χ3v) is 3.97. The molecule has 0 spiro atoms. The van der Waals surface area contributed by atoms with Crippen LogP contribution in [0.3, 0.4) is 0 Å². The van der Waals surface area contributed by atoms with Gasteiger partial charge in [-0.3, -0.25) is 4.79 Å². The van der Waals surface area contributed by atoms with E-state index in [1.165, 1.54) is 7.11 Å². The third kappa shape index (κ3) is 3.32. The number of carbonyl (C=O) groups excluding carboxylic acids is 2. The van der Waals surface area contributed by atoms with Gasteiger partial charge in [0.1, 0.15) is 0 Å². The number of anilines is 1. The molecule has 1 amide bonds. The Hall–Kier alpha value is -3.48. The van der Waals surface area contributed by atoms with Gasteiger partial charge in [-0.25, -0.2) is 9.48 Å². The average Bonchev–Trinajstić information content (AvgIpc) is 3.04. The number of nitrogens with zero attached hydrogens (tertiary/aromatic N) is 3. The van der Waals surface area contributed by atoms with Gasteiger partial charge in [-0.15, -0.1) is 5.10 Å². The molecular formula is C19H18N4O3. The summed E-state index contributed by atoms with van der Waals surface area (Å²) in [6.07, 6.45) is 0. The van der Waals surface area contributed by atoms with Gasteiger partial charge >= 0.3 is 5.97 Å². The lowest BCUT2D eigenvalue weighted by atomic mass is 10.1. The van der Waals surface area contributed by atoms with Crippen molar-refractivity contribution in [1.29, 1.82) is 0 Å². The first-order chi connectivity index (χ1) is 12.5. The predicted octanol–water partition coefficient (Wildman–Crippen LogP) is 2.92. The molecule has 0 radical (unpaired) electrons. The number of amides is 1. The van der Waals surface area contributed by atoms with Gasteiger partial charge < -0.3 is 10.1 Å². The van der Waals surface area contributed by atoms with E-state index in [9.17, 15) is 9.59 Å². The van der Waals surface area contributed by atoms with Crippen molar-refractivity contribution in [3.63, 3.8) is 0 Å². The SMILES string of the molecule is COC(=O)c1ccccc1NC(=O)c1nnn(-c2ccc(C)cc2)c1C. The topological polar surface area (TPSA) is 86.1 Å². The second kappa shape index (κ2) is 7.18. The predicted molar refractivity (Wildman–Crippen MR) is 96.6 cm³/mol. The molecule has 0 unspecified atom stereocenters. The van der Waals surface area contributed by atoms with Crippen molar-refractivity contribution in [1.82, 2.24) is 15.0 Å².